The van der Waals surface area contributed by atoms with Crippen LogP contribution in [-0.2, 0) is 19.4 Å². The topological polar surface area (TPSA) is 74.8 Å². The fraction of sp³-hybridized carbons (Fsp3) is 0.500. The molecule has 0 bridgehead atoms. The summed E-state index contributed by atoms with van der Waals surface area (Å²) in [4.78, 5) is 26.5. The van der Waals surface area contributed by atoms with E-state index in [9.17, 15) is 26.8 Å². The molecule has 1 heterocycles. The number of rotatable bonds is 5. The van der Waals surface area contributed by atoms with E-state index in [1.165, 1.54) is 4.90 Å². The average Bonchev–Trinajstić information content (AvgIpc) is 2.86. The van der Waals surface area contributed by atoms with Crippen molar-refractivity contribution in [3.8, 4) is 0 Å². The Morgan fingerprint density at radius 3 is 2.28 bits per heavy atom. The van der Waals surface area contributed by atoms with Crippen LogP contribution in [0, 0.1) is 11.6 Å². The molecule has 25 heavy (non-hydrogen) atoms. The summed E-state index contributed by atoms with van der Waals surface area (Å²) in [6.45, 7) is 2.47. The molecular weight excluding hydrogens is 354 g/mol. The van der Waals surface area contributed by atoms with Crippen LogP contribution in [-0.4, -0.2) is 55.8 Å². The minimum atomic E-state index is -3.19. The second-order valence-corrected chi connectivity index (χ2v) is 8.14. The van der Waals surface area contributed by atoms with Crippen LogP contribution < -0.4 is 4.90 Å². The zero-order chi connectivity index (χ0) is 18.8. The fourth-order valence-electron chi connectivity index (χ4n) is 2.98. The third kappa shape index (κ3) is 4.33. The summed E-state index contributed by atoms with van der Waals surface area (Å²) in [5.41, 5.74) is -0.585. The van der Waals surface area contributed by atoms with Gasteiger partial charge in [-0.1, -0.05) is 6.07 Å². The fourth-order valence-corrected chi connectivity index (χ4v) is 4.71. The van der Waals surface area contributed by atoms with Crippen LogP contribution >= 0.6 is 0 Å². The van der Waals surface area contributed by atoms with Gasteiger partial charge in [0.1, 0.15) is 23.9 Å². The molecule has 9 heteroatoms. The summed E-state index contributed by atoms with van der Waals surface area (Å²) in [6, 6.07) is 2.68. The molecule has 0 radical (unpaired) electrons. The Labute approximate surface area is 145 Å². The minimum absolute atomic E-state index is 0.000188. The first-order chi connectivity index (χ1) is 11.7. The molecule has 0 spiro atoms. The molecule has 0 saturated carbocycles. The van der Waals surface area contributed by atoms with Crippen LogP contribution in [0.5, 0.6) is 0 Å². The normalized spacial score (nSPS) is 18.8. The molecule has 1 atom stereocenters. The van der Waals surface area contributed by atoms with Crippen molar-refractivity contribution in [1.29, 1.82) is 0 Å². The standard InChI is InChI=1S/C16H20F2N2O4S/c1-3-19(12-7-8-25(23,24)10-12)15(22)9-20(11(2)21)16-13(17)5-4-6-14(16)18/h4-6,12H,3,7-10H2,1-2H3. The first-order valence-electron chi connectivity index (χ1n) is 7.88. The number of amides is 2. The van der Waals surface area contributed by atoms with Gasteiger partial charge >= 0.3 is 0 Å². The molecule has 1 saturated heterocycles. The highest BCUT2D eigenvalue weighted by Crippen LogP contribution is 2.24. The van der Waals surface area contributed by atoms with Gasteiger partial charge in [-0.05, 0) is 25.5 Å². The molecule has 138 valence electrons. The molecule has 1 unspecified atom stereocenters. The maximum absolute atomic E-state index is 14.0. The highest BCUT2D eigenvalue weighted by Gasteiger charge is 2.35. The number of anilines is 1. The van der Waals surface area contributed by atoms with Crippen LogP contribution in [0.4, 0.5) is 14.5 Å². The molecule has 0 N–H and O–H groups in total. The summed E-state index contributed by atoms with van der Waals surface area (Å²) in [5, 5.41) is 0. The van der Waals surface area contributed by atoms with E-state index in [0.717, 1.165) is 30.0 Å². The molecule has 1 fully saturated rings. The Hall–Kier alpha value is -2.03. The van der Waals surface area contributed by atoms with Gasteiger partial charge < -0.3 is 4.90 Å². The van der Waals surface area contributed by atoms with E-state index in [1.807, 2.05) is 0 Å². The smallest absolute Gasteiger partial charge is 0.242 e. The lowest BCUT2D eigenvalue weighted by molar-refractivity contribution is -0.132. The Morgan fingerprint density at radius 1 is 1.24 bits per heavy atom. The minimum Gasteiger partial charge on any atom is -0.337 e. The van der Waals surface area contributed by atoms with Gasteiger partial charge in [-0.2, -0.15) is 0 Å². The van der Waals surface area contributed by atoms with E-state index in [2.05, 4.69) is 0 Å². The quantitative estimate of drug-likeness (QED) is 0.780. The van der Waals surface area contributed by atoms with Crippen LogP contribution in [0.15, 0.2) is 18.2 Å². The van der Waals surface area contributed by atoms with Gasteiger partial charge in [0.15, 0.2) is 9.84 Å². The van der Waals surface area contributed by atoms with Gasteiger partial charge in [0.05, 0.1) is 11.5 Å². The molecule has 0 aliphatic carbocycles. The van der Waals surface area contributed by atoms with E-state index < -0.39 is 51.6 Å². The second-order valence-electron chi connectivity index (χ2n) is 5.91. The molecular formula is C16H20F2N2O4S. The maximum atomic E-state index is 14.0. The Kier molecular flexibility index (Phi) is 5.76. The predicted molar refractivity (Wildman–Crippen MR) is 88.8 cm³/mol. The number of hydrogen-bond donors (Lipinski definition) is 0. The van der Waals surface area contributed by atoms with Crippen LogP contribution in [0.25, 0.3) is 0 Å². The number of halogens is 2. The van der Waals surface area contributed by atoms with Gasteiger partial charge in [-0.25, -0.2) is 17.2 Å². The van der Waals surface area contributed by atoms with Crippen molar-refractivity contribution < 1.29 is 26.8 Å². The molecule has 1 aromatic rings. The van der Waals surface area contributed by atoms with Crippen molar-refractivity contribution in [2.75, 3.05) is 29.5 Å². The van der Waals surface area contributed by atoms with Crippen molar-refractivity contribution >= 4 is 27.3 Å². The molecule has 0 aromatic heterocycles. The summed E-state index contributed by atoms with van der Waals surface area (Å²) >= 11 is 0. The first kappa shape index (κ1) is 19.3. The summed E-state index contributed by atoms with van der Waals surface area (Å²) in [5.74, 6) is -3.28. The SMILES string of the molecule is CCN(C(=O)CN(C(C)=O)c1c(F)cccc1F)C1CCS(=O)(=O)C1. The molecule has 1 aliphatic heterocycles. The molecule has 2 amide bonds. The second kappa shape index (κ2) is 7.47. The Balaban J connectivity index is 2.24. The lowest BCUT2D eigenvalue weighted by Gasteiger charge is -2.30. The summed E-state index contributed by atoms with van der Waals surface area (Å²) < 4.78 is 51.2. The van der Waals surface area contributed by atoms with Gasteiger partial charge in [-0.15, -0.1) is 0 Å². The van der Waals surface area contributed by atoms with Crippen molar-refractivity contribution in [2.45, 2.75) is 26.3 Å². The highest BCUT2D eigenvalue weighted by atomic mass is 32.2. The lowest BCUT2D eigenvalue weighted by Crippen LogP contribution is -2.47. The van der Waals surface area contributed by atoms with E-state index in [4.69, 9.17) is 0 Å². The summed E-state index contributed by atoms with van der Waals surface area (Å²) in [7, 11) is -3.19. The highest BCUT2D eigenvalue weighted by molar-refractivity contribution is 7.91. The average molecular weight is 374 g/mol. The largest absolute Gasteiger partial charge is 0.337 e. The number of carbonyl (C=O) groups is 2. The number of benzene rings is 1. The van der Waals surface area contributed by atoms with Crippen molar-refractivity contribution in [3.63, 3.8) is 0 Å². The number of likely N-dealkylation sites (N-methyl/N-ethyl adjacent to an activating group) is 1. The number of para-hydroxylation sites is 1. The zero-order valence-electron chi connectivity index (χ0n) is 14.0. The van der Waals surface area contributed by atoms with Gasteiger partial charge in [-0.3, -0.25) is 14.5 Å². The Morgan fingerprint density at radius 2 is 1.84 bits per heavy atom. The van der Waals surface area contributed by atoms with Gasteiger partial charge in [0.2, 0.25) is 11.8 Å². The van der Waals surface area contributed by atoms with Gasteiger partial charge in [0, 0.05) is 19.5 Å². The third-order valence-corrected chi connectivity index (χ3v) is 5.94. The van der Waals surface area contributed by atoms with Crippen LogP contribution in [0.3, 0.4) is 0 Å². The van der Waals surface area contributed by atoms with Crippen molar-refractivity contribution in [1.82, 2.24) is 4.90 Å². The first-order valence-corrected chi connectivity index (χ1v) is 9.70. The van der Waals surface area contributed by atoms with E-state index >= 15 is 0 Å². The zero-order valence-corrected chi connectivity index (χ0v) is 14.9. The van der Waals surface area contributed by atoms with E-state index in [-0.39, 0.29) is 18.1 Å². The predicted octanol–water partition coefficient (Wildman–Crippen LogP) is 1.35. The number of hydrogen-bond acceptors (Lipinski definition) is 4. The molecule has 1 aliphatic rings. The van der Waals surface area contributed by atoms with Crippen molar-refractivity contribution in [3.05, 3.63) is 29.8 Å². The lowest BCUT2D eigenvalue weighted by atomic mass is 10.2. The number of sulfone groups is 1. The molecule has 2 rings (SSSR count). The summed E-state index contributed by atoms with van der Waals surface area (Å²) in [6.07, 6.45) is 0.316. The number of nitrogens with zero attached hydrogens (tertiary/aromatic N) is 2. The third-order valence-electron chi connectivity index (χ3n) is 4.19. The maximum Gasteiger partial charge on any atom is 0.242 e. The van der Waals surface area contributed by atoms with Crippen LogP contribution in [0.1, 0.15) is 20.3 Å². The monoisotopic (exact) mass is 374 g/mol. The van der Waals surface area contributed by atoms with Gasteiger partial charge in [0.25, 0.3) is 0 Å². The Bertz CT molecular complexity index is 762. The molecule has 1 aromatic carbocycles. The van der Waals surface area contributed by atoms with Crippen LogP contribution in [0.2, 0.25) is 0 Å². The molecule has 6 nitrogen and oxygen atoms in total. The number of carbonyl (C=O) groups excluding carboxylic acids is 2. The van der Waals surface area contributed by atoms with E-state index in [0.29, 0.717) is 6.42 Å². The van der Waals surface area contributed by atoms with Crippen molar-refractivity contribution in [2.24, 2.45) is 0 Å². The van der Waals surface area contributed by atoms with E-state index in [1.54, 1.807) is 6.92 Å².